The molecule has 0 atom stereocenters. The zero-order valence-electron chi connectivity index (χ0n) is 3.06. The molecule has 5 heavy (non-hydrogen) atoms. The Morgan fingerprint density at radius 2 is 2.00 bits per heavy atom. The average Bonchev–Trinajstić information content (AvgIpc) is 1.37. The van der Waals surface area contributed by atoms with Crippen LogP contribution in [0.4, 0.5) is 0 Å². The van der Waals surface area contributed by atoms with Crippen molar-refractivity contribution >= 4 is 18.9 Å². The van der Waals surface area contributed by atoms with Gasteiger partial charge in [-0.3, -0.25) is 6.29 Å². The summed E-state index contributed by atoms with van der Waals surface area (Å²) in [6.07, 6.45) is 1.54. The summed E-state index contributed by atoms with van der Waals surface area (Å²) in [6, 6.07) is 0. The van der Waals surface area contributed by atoms with Gasteiger partial charge in [0.15, 0.2) is 0 Å². The van der Waals surface area contributed by atoms with E-state index in [9.17, 15) is 0 Å². The maximum atomic E-state index is 8.97. The van der Waals surface area contributed by atoms with Crippen molar-refractivity contribution in [1.82, 2.24) is 0 Å². The van der Waals surface area contributed by atoms with Gasteiger partial charge in [0, 0.05) is 0 Å². The molecule has 0 saturated heterocycles. The number of rotatable bonds is 1. The van der Waals surface area contributed by atoms with Crippen molar-refractivity contribution in [1.29, 1.82) is 0 Å². The average molecular weight is 98.1 g/mol. The number of carbonyl (C=O) groups excluding carboxylic acids is 1. The molecule has 0 N–H and O–H groups in total. The Hall–Kier alpha value is 1.02. The van der Waals surface area contributed by atoms with E-state index in [4.69, 9.17) is 4.79 Å². The molecular formula is C2H3NaOS. The fourth-order valence-corrected chi connectivity index (χ4v) is 0. The maximum Gasteiger partial charge on any atom is 1.00 e. The van der Waals surface area contributed by atoms with Gasteiger partial charge in [0.1, 0.15) is 0 Å². The minimum absolute atomic E-state index is 0. The summed E-state index contributed by atoms with van der Waals surface area (Å²) in [5.41, 5.74) is 0. The first-order valence-corrected chi connectivity index (χ1v) is 1.51. The zero-order chi connectivity index (χ0) is 3.41. The molecule has 0 amide bonds. The molecule has 0 radical (unpaired) electrons. The molecule has 0 spiro atoms. The van der Waals surface area contributed by atoms with Crippen LogP contribution >= 0.6 is 12.6 Å². The van der Waals surface area contributed by atoms with Crippen LogP contribution in [0.3, 0.4) is 0 Å². The van der Waals surface area contributed by atoms with E-state index in [1.165, 1.54) is 0 Å². The van der Waals surface area contributed by atoms with Crippen LogP contribution in [0.2, 0.25) is 0 Å². The second kappa shape index (κ2) is 8.89. The van der Waals surface area contributed by atoms with E-state index in [0.29, 0.717) is 0 Å². The van der Waals surface area contributed by atoms with Crippen molar-refractivity contribution in [2.24, 2.45) is 0 Å². The molecule has 0 aromatic carbocycles. The van der Waals surface area contributed by atoms with Gasteiger partial charge in [0.25, 0.3) is 0 Å². The van der Waals surface area contributed by atoms with E-state index in [-0.39, 0.29) is 35.3 Å². The van der Waals surface area contributed by atoms with Crippen LogP contribution in [0, 0.1) is 0 Å². The van der Waals surface area contributed by atoms with Crippen LogP contribution in [0.15, 0.2) is 0 Å². The molecule has 0 rings (SSSR count). The first-order chi connectivity index (χ1) is 1.91. The molecule has 1 nitrogen and oxygen atoms in total. The molecule has 0 aromatic rings. The number of hydrogen-bond donors (Lipinski definition) is 1. The fraction of sp³-hybridized carbons (Fsp3) is 0.500. The monoisotopic (exact) mass is 98.0 g/mol. The molecule has 0 unspecified atom stereocenters. The predicted octanol–water partition coefficient (Wildman–Crippen LogP) is -2.97. The van der Waals surface area contributed by atoms with Gasteiger partial charge in [-0.15, -0.1) is 5.75 Å². The SMILES string of the molecule is O=[C-]CS.[Na+]. The number of thiol groups is 1. The summed E-state index contributed by atoms with van der Waals surface area (Å²) < 4.78 is 0. The largest absolute Gasteiger partial charge is 1.00 e. The smallest absolute Gasteiger partial charge is 0.541 e. The van der Waals surface area contributed by atoms with Crippen LogP contribution in [0.25, 0.3) is 0 Å². The molecule has 0 aliphatic heterocycles. The first-order valence-electron chi connectivity index (χ1n) is 0.874. The van der Waals surface area contributed by atoms with Crippen LogP contribution in [-0.4, -0.2) is 12.0 Å². The third-order valence-electron chi connectivity index (χ3n) is 0.0645. The van der Waals surface area contributed by atoms with E-state index in [0.717, 1.165) is 0 Å². The Bertz CT molecular complexity index is 23.6. The third kappa shape index (κ3) is 11.2. The molecule has 3 heteroatoms. The van der Waals surface area contributed by atoms with Gasteiger partial charge in [0.05, 0.1) is 0 Å². The van der Waals surface area contributed by atoms with Crippen LogP contribution < -0.4 is 29.6 Å². The molecule has 0 fully saturated rings. The summed E-state index contributed by atoms with van der Waals surface area (Å²) in [7, 11) is 0. The first kappa shape index (κ1) is 9.39. The van der Waals surface area contributed by atoms with Crippen LogP contribution in [-0.2, 0) is 4.79 Å². The van der Waals surface area contributed by atoms with E-state index >= 15 is 0 Å². The summed E-state index contributed by atoms with van der Waals surface area (Å²) in [5.74, 6) is 0.208. The van der Waals surface area contributed by atoms with E-state index < -0.39 is 0 Å². The fourth-order valence-electron chi connectivity index (χ4n) is 0. The molecule has 0 heterocycles. The second-order valence-corrected chi connectivity index (χ2v) is 0.619. The third-order valence-corrected chi connectivity index (χ3v) is 0.194. The molecule has 0 aliphatic rings. The molecular weight excluding hydrogens is 95.1 g/mol. The van der Waals surface area contributed by atoms with E-state index in [2.05, 4.69) is 12.6 Å². The Labute approximate surface area is 58.8 Å². The Morgan fingerprint density at radius 1 is 1.80 bits per heavy atom. The molecule has 0 aliphatic carbocycles. The van der Waals surface area contributed by atoms with Gasteiger partial charge in [-0.05, 0) is 0 Å². The molecule has 24 valence electrons. The van der Waals surface area contributed by atoms with Crippen molar-refractivity contribution in [2.75, 3.05) is 5.75 Å². The van der Waals surface area contributed by atoms with E-state index in [1.807, 2.05) is 0 Å². The summed E-state index contributed by atoms with van der Waals surface area (Å²) in [5, 5.41) is 0. The maximum absolute atomic E-state index is 8.97. The molecule has 0 saturated carbocycles. The van der Waals surface area contributed by atoms with Crippen molar-refractivity contribution in [3.8, 4) is 0 Å². The Balaban J connectivity index is 0. The van der Waals surface area contributed by atoms with Gasteiger partial charge >= 0.3 is 29.6 Å². The minimum atomic E-state index is 0. The van der Waals surface area contributed by atoms with Crippen molar-refractivity contribution in [3.05, 3.63) is 0 Å². The summed E-state index contributed by atoms with van der Waals surface area (Å²) in [6.45, 7) is 0. The predicted molar refractivity (Wildman–Crippen MR) is 19.5 cm³/mol. The van der Waals surface area contributed by atoms with Gasteiger partial charge < -0.3 is 4.79 Å². The van der Waals surface area contributed by atoms with E-state index in [1.54, 1.807) is 6.29 Å². The quantitative estimate of drug-likeness (QED) is 0.210. The summed E-state index contributed by atoms with van der Waals surface area (Å²) >= 11 is 3.50. The normalized spacial score (nSPS) is 5.00. The van der Waals surface area contributed by atoms with Crippen LogP contribution in [0.5, 0.6) is 0 Å². The number of hydrogen-bond acceptors (Lipinski definition) is 2. The topological polar surface area (TPSA) is 17.1 Å². The van der Waals surface area contributed by atoms with Crippen LogP contribution in [0.1, 0.15) is 0 Å². The summed E-state index contributed by atoms with van der Waals surface area (Å²) in [4.78, 5) is 8.97. The van der Waals surface area contributed by atoms with Crippen molar-refractivity contribution in [2.45, 2.75) is 0 Å². The zero-order valence-corrected chi connectivity index (χ0v) is 5.96. The van der Waals surface area contributed by atoms with Gasteiger partial charge in [0.2, 0.25) is 0 Å². The van der Waals surface area contributed by atoms with Gasteiger partial charge in [-0.25, -0.2) is 12.6 Å². The minimum Gasteiger partial charge on any atom is -0.541 e. The Kier molecular flexibility index (Phi) is 16.7. The Morgan fingerprint density at radius 3 is 2.00 bits per heavy atom. The second-order valence-electron chi connectivity index (χ2n) is 0.302. The van der Waals surface area contributed by atoms with Crippen molar-refractivity contribution in [3.63, 3.8) is 0 Å². The molecule has 0 aromatic heterocycles. The van der Waals surface area contributed by atoms with Gasteiger partial charge in [-0.2, -0.15) is 0 Å². The van der Waals surface area contributed by atoms with Crippen molar-refractivity contribution < 1.29 is 34.4 Å². The van der Waals surface area contributed by atoms with Gasteiger partial charge in [-0.1, -0.05) is 0 Å². The standard InChI is InChI=1S/C2H3OS.Na/c3-1-2-4;/h4H,2H2;/q-1;+1. The molecule has 0 bridgehead atoms.